The number of nitrogens with one attached hydrogen (secondary N) is 2. The third-order valence-corrected chi connectivity index (χ3v) is 6.70. The van der Waals surface area contributed by atoms with Gasteiger partial charge in [0, 0.05) is 6.54 Å². The molecule has 0 saturated carbocycles. The lowest BCUT2D eigenvalue weighted by Crippen LogP contribution is -2.51. The normalized spacial score (nSPS) is 16.8. The number of halogens is 1. The second-order valence-electron chi connectivity index (χ2n) is 6.79. The highest BCUT2D eigenvalue weighted by molar-refractivity contribution is 7.89. The summed E-state index contributed by atoms with van der Waals surface area (Å²) < 4.78 is 44.9. The van der Waals surface area contributed by atoms with E-state index in [1.165, 1.54) is 0 Å². The molecule has 10 heteroatoms. The highest BCUT2D eigenvalue weighted by Crippen LogP contribution is 2.26. The van der Waals surface area contributed by atoms with Crippen molar-refractivity contribution in [1.82, 2.24) is 15.2 Å². The summed E-state index contributed by atoms with van der Waals surface area (Å²) in [6.45, 7) is 0.164. The first-order chi connectivity index (χ1) is 14.3. The molecular weight excluding hydrogens is 413 g/mol. The van der Waals surface area contributed by atoms with Crippen molar-refractivity contribution in [2.45, 2.75) is 30.2 Å². The lowest BCUT2D eigenvalue weighted by molar-refractivity contribution is -0.130. The Bertz CT molecular complexity index is 1010. The van der Waals surface area contributed by atoms with E-state index in [-0.39, 0.29) is 17.9 Å². The molecule has 0 aromatic heterocycles. The van der Waals surface area contributed by atoms with Gasteiger partial charge in [-0.2, -0.15) is 4.31 Å². The van der Waals surface area contributed by atoms with Crippen LogP contribution in [0.2, 0.25) is 0 Å². The molecule has 1 aliphatic heterocycles. The number of hydrogen-bond donors (Lipinski definition) is 2. The van der Waals surface area contributed by atoms with Crippen molar-refractivity contribution in [2.24, 2.45) is 0 Å². The Hall–Kier alpha value is -2.98. The van der Waals surface area contributed by atoms with Crippen LogP contribution in [-0.2, 0) is 26.0 Å². The summed E-state index contributed by atoms with van der Waals surface area (Å²) >= 11 is 0. The third-order valence-electron chi connectivity index (χ3n) is 4.78. The van der Waals surface area contributed by atoms with Crippen LogP contribution in [0.4, 0.5) is 4.39 Å². The van der Waals surface area contributed by atoms with Crippen LogP contribution in [0.3, 0.4) is 0 Å². The average Bonchev–Trinajstić information content (AvgIpc) is 3.24. The highest BCUT2D eigenvalue weighted by Gasteiger charge is 2.39. The molecule has 2 amide bonds. The van der Waals surface area contributed by atoms with Gasteiger partial charge in [0.15, 0.2) is 0 Å². The molecule has 0 spiro atoms. The summed E-state index contributed by atoms with van der Waals surface area (Å²) in [6, 6.07) is 10.4. The molecule has 2 N–H and O–H groups in total. The minimum Gasteiger partial charge on any atom is -0.497 e. The molecule has 1 atom stereocenters. The number of rotatable bonds is 6. The molecule has 1 unspecified atom stereocenters. The van der Waals surface area contributed by atoms with Crippen molar-refractivity contribution in [3.05, 3.63) is 59.9 Å². The highest BCUT2D eigenvalue weighted by atomic mass is 32.2. The molecule has 2 aromatic rings. The summed E-state index contributed by atoms with van der Waals surface area (Å²) in [5, 5.41) is 0. The Labute approximate surface area is 174 Å². The minimum absolute atomic E-state index is 0.0343. The monoisotopic (exact) mass is 435 g/mol. The van der Waals surface area contributed by atoms with Gasteiger partial charge >= 0.3 is 0 Å². The van der Waals surface area contributed by atoms with E-state index in [2.05, 4.69) is 10.9 Å². The van der Waals surface area contributed by atoms with Crippen LogP contribution in [-0.4, -0.2) is 44.2 Å². The topological polar surface area (TPSA) is 105 Å². The maximum absolute atomic E-state index is 13.1. The fraction of sp³-hybridized carbons (Fsp3) is 0.300. The van der Waals surface area contributed by atoms with Gasteiger partial charge in [-0.3, -0.25) is 20.4 Å². The number of carbonyl (C=O) groups is 2. The second kappa shape index (κ2) is 9.23. The lowest BCUT2D eigenvalue weighted by Gasteiger charge is -2.23. The molecule has 2 aromatic carbocycles. The van der Waals surface area contributed by atoms with Gasteiger partial charge < -0.3 is 4.74 Å². The molecule has 0 aliphatic carbocycles. The molecule has 160 valence electrons. The van der Waals surface area contributed by atoms with Crippen LogP contribution in [0.25, 0.3) is 0 Å². The number of amides is 2. The summed E-state index contributed by atoms with van der Waals surface area (Å²) in [4.78, 5) is 24.5. The van der Waals surface area contributed by atoms with Crippen molar-refractivity contribution in [3.63, 3.8) is 0 Å². The molecule has 3 rings (SSSR count). The van der Waals surface area contributed by atoms with E-state index in [1.807, 2.05) is 0 Å². The van der Waals surface area contributed by atoms with Crippen LogP contribution >= 0.6 is 0 Å². The van der Waals surface area contributed by atoms with Gasteiger partial charge in [0.1, 0.15) is 17.6 Å². The summed E-state index contributed by atoms with van der Waals surface area (Å²) in [6.07, 6.45) is 0.853. The van der Waals surface area contributed by atoms with Crippen LogP contribution in [0.15, 0.2) is 53.4 Å². The molecule has 1 saturated heterocycles. The van der Waals surface area contributed by atoms with Crippen molar-refractivity contribution < 1.29 is 27.1 Å². The fourth-order valence-electron chi connectivity index (χ4n) is 3.22. The predicted molar refractivity (Wildman–Crippen MR) is 106 cm³/mol. The maximum atomic E-state index is 13.1. The van der Waals surface area contributed by atoms with Crippen molar-refractivity contribution in [3.8, 4) is 5.75 Å². The van der Waals surface area contributed by atoms with Gasteiger partial charge in [-0.25, -0.2) is 12.8 Å². The van der Waals surface area contributed by atoms with Crippen LogP contribution < -0.4 is 15.6 Å². The van der Waals surface area contributed by atoms with Gasteiger partial charge in [0.25, 0.3) is 5.91 Å². The minimum atomic E-state index is -3.96. The van der Waals surface area contributed by atoms with E-state index in [9.17, 15) is 22.4 Å². The fourth-order valence-corrected chi connectivity index (χ4v) is 4.88. The van der Waals surface area contributed by atoms with Crippen molar-refractivity contribution in [1.29, 1.82) is 0 Å². The molecule has 8 nitrogen and oxygen atoms in total. The molecular formula is C20H22FN3O5S. The Morgan fingerprint density at radius 3 is 2.40 bits per heavy atom. The van der Waals surface area contributed by atoms with Crippen LogP contribution in [0.1, 0.15) is 18.4 Å². The van der Waals surface area contributed by atoms with Crippen LogP contribution in [0.5, 0.6) is 5.75 Å². The van der Waals surface area contributed by atoms with E-state index < -0.39 is 33.7 Å². The van der Waals surface area contributed by atoms with Gasteiger partial charge in [-0.1, -0.05) is 12.1 Å². The number of methoxy groups -OCH3 is 1. The van der Waals surface area contributed by atoms with Gasteiger partial charge in [0.05, 0.1) is 18.4 Å². The molecule has 1 fully saturated rings. The largest absolute Gasteiger partial charge is 0.497 e. The van der Waals surface area contributed by atoms with E-state index in [0.29, 0.717) is 18.6 Å². The standard InChI is InChI=1S/C20H22FN3O5S/c1-29-16-8-4-14(5-9-16)13-19(25)22-23-20(26)18-3-2-12-24(18)30(27,28)17-10-6-15(21)7-11-17/h4-11,18H,2-3,12-13H2,1H3,(H,22,25)(H,23,26). The zero-order valence-corrected chi connectivity index (χ0v) is 17.1. The zero-order valence-electron chi connectivity index (χ0n) is 16.3. The maximum Gasteiger partial charge on any atom is 0.256 e. The Morgan fingerprint density at radius 2 is 1.77 bits per heavy atom. The van der Waals surface area contributed by atoms with E-state index in [4.69, 9.17) is 4.74 Å². The number of sulfonamides is 1. The number of ether oxygens (including phenoxy) is 1. The number of carbonyl (C=O) groups excluding carboxylic acids is 2. The first-order valence-electron chi connectivity index (χ1n) is 9.30. The lowest BCUT2D eigenvalue weighted by atomic mass is 10.1. The van der Waals surface area contributed by atoms with Gasteiger partial charge in [-0.15, -0.1) is 0 Å². The van der Waals surface area contributed by atoms with Crippen molar-refractivity contribution in [2.75, 3.05) is 13.7 Å². The number of hydrazine groups is 1. The average molecular weight is 435 g/mol. The summed E-state index contributed by atoms with van der Waals surface area (Å²) in [5.74, 6) is -0.957. The molecule has 1 heterocycles. The molecule has 1 aliphatic rings. The third kappa shape index (κ3) is 4.95. The molecule has 0 bridgehead atoms. The quantitative estimate of drug-likeness (QED) is 0.667. The summed E-state index contributed by atoms with van der Waals surface area (Å²) in [5.41, 5.74) is 5.34. The first-order valence-corrected chi connectivity index (χ1v) is 10.7. The second-order valence-corrected chi connectivity index (χ2v) is 8.68. The number of nitrogens with zero attached hydrogens (tertiary/aromatic N) is 1. The molecule has 0 radical (unpaired) electrons. The zero-order chi connectivity index (χ0) is 21.7. The van der Waals surface area contributed by atoms with Crippen LogP contribution in [0, 0.1) is 5.82 Å². The SMILES string of the molecule is COc1ccc(CC(=O)NNC(=O)C2CCCN2S(=O)(=O)c2ccc(F)cc2)cc1. The first kappa shape index (κ1) is 21.7. The molecule has 30 heavy (non-hydrogen) atoms. The Kier molecular flexibility index (Phi) is 6.68. The summed E-state index contributed by atoms with van der Waals surface area (Å²) in [7, 11) is -2.42. The van der Waals surface area contributed by atoms with E-state index in [1.54, 1.807) is 31.4 Å². The van der Waals surface area contributed by atoms with E-state index in [0.717, 1.165) is 34.1 Å². The number of benzene rings is 2. The van der Waals surface area contributed by atoms with Crippen molar-refractivity contribution >= 4 is 21.8 Å². The van der Waals surface area contributed by atoms with Gasteiger partial charge in [-0.05, 0) is 54.8 Å². The predicted octanol–water partition coefficient (Wildman–Crippen LogP) is 1.38. The number of hydrogen-bond acceptors (Lipinski definition) is 5. The van der Waals surface area contributed by atoms with E-state index >= 15 is 0 Å². The van der Waals surface area contributed by atoms with Gasteiger partial charge in [0.2, 0.25) is 15.9 Å². The smallest absolute Gasteiger partial charge is 0.256 e. The Morgan fingerprint density at radius 1 is 1.10 bits per heavy atom. The Balaban J connectivity index is 1.60.